The van der Waals surface area contributed by atoms with Crippen LogP contribution in [-0.4, -0.2) is 31.6 Å². The molecular formula is C19H19FN4OS. The van der Waals surface area contributed by atoms with Crippen LogP contribution in [-0.2, 0) is 13.5 Å². The summed E-state index contributed by atoms with van der Waals surface area (Å²) >= 11 is 1.37. The molecule has 5 nitrogen and oxygen atoms in total. The maximum Gasteiger partial charge on any atom is 0.266 e. The Morgan fingerprint density at radius 3 is 2.85 bits per heavy atom. The Bertz CT molecular complexity index is 980. The van der Waals surface area contributed by atoms with Crippen LogP contribution in [0, 0.1) is 5.82 Å². The topological polar surface area (TPSA) is 51.0 Å². The van der Waals surface area contributed by atoms with E-state index in [4.69, 9.17) is 0 Å². The highest BCUT2D eigenvalue weighted by Gasteiger charge is 2.34. The fourth-order valence-corrected chi connectivity index (χ4v) is 4.48. The van der Waals surface area contributed by atoms with E-state index in [2.05, 4.69) is 10.1 Å². The van der Waals surface area contributed by atoms with E-state index in [1.165, 1.54) is 17.4 Å². The van der Waals surface area contributed by atoms with Crippen LogP contribution >= 0.6 is 11.3 Å². The van der Waals surface area contributed by atoms with E-state index >= 15 is 0 Å². The summed E-state index contributed by atoms with van der Waals surface area (Å²) in [5.41, 5.74) is 2.89. The van der Waals surface area contributed by atoms with Gasteiger partial charge in [-0.2, -0.15) is 5.10 Å². The summed E-state index contributed by atoms with van der Waals surface area (Å²) in [6.07, 6.45) is 5.90. The molecule has 26 heavy (non-hydrogen) atoms. The van der Waals surface area contributed by atoms with Crippen LogP contribution in [0.15, 0.2) is 36.8 Å². The number of aromatic nitrogens is 3. The number of thiazole rings is 1. The van der Waals surface area contributed by atoms with E-state index in [-0.39, 0.29) is 23.8 Å². The van der Waals surface area contributed by atoms with Gasteiger partial charge in [0.1, 0.15) is 15.7 Å². The minimum absolute atomic E-state index is 0.00394. The third-order valence-electron chi connectivity index (χ3n) is 4.87. The summed E-state index contributed by atoms with van der Waals surface area (Å²) in [7, 11) is 1.85. The second-order valence-electron chi connectivity index (χ2n) is 6.72. The monoisotopic (exact) mass is 370 g/mol. The van der Waals surface area contributed by atoms with Crippen molar-refractivity contribution < 1.29 is 9.18 Å². The molecule has 0 saturated heterocycles. The standard InChI is InChI=1S/C19H19FN4OS/c1-11-6-13-7-15(20)4-5-16(13)12(2)24(11)19(25)17-9-21-18(26-17)14-8-22-23(3)10-14/h4-5,7-12H,6H2,1-3H3/t11-,12-/m1/s1. The van der Waals surface area contributed by atoms with E-state index in [9.17, 15) is 9.18 Å². The van der Waals surface area contributed by atoms with Crippen LogP contribution in [0.1, 0.15) is 40.7 Å². The van der Waals surface area contributed by atoms with Crippen molar-refractivity contribution in [2.45, 2.75) is 32.4 Å². The molecule has 0 aliphatic carbocycles. The number of benzene rings is 1. The van der Waals surface area contributed by atoms with Gasteiger partial charge in [0.15, 0.2) is 0 Å². The molecule has 2 atom stereocenters. The Labute approximate surface area is 155 Å². The molecule has 0 radical (unpaired) electrons. The summed E-state index contributed by atoms with van der Waals surface area (Å²) in [4.78, 5) is 20.0. The van der Waals surface area contributed by atoms with Gasteiger partial charge in [-0.3, -0.25) is 9.48 Å². The molecule has 1 aliphatic rings. The Morgan fingerprint density at radius 1 is 1.31 bits per heavy atom. The first-order valence-corrected chi connectivity index (χ1v) is 9.31. The summed E-state index contributed by atoms with van der Waals surface area (Å²) in [5, 5.41) is 4.93. The summed E-state index contributed by atoms with van der Waals surface area (Å²) in [6, 6.07) is 4.72. The van der Waals surface area contributed by atoms with Crippen molar-refractivity contribution in [3.63, 3.8) is 0 Å². The molecule has 0 N–H and O–H groups in total. The molecule has 0 bridgehead atoms. The first-order valence-electron chi connectivity index (χ1n) is 8.50. The van der Waals surface area contributed by atoms with Crippen molar-refractivity contribution in [3.8, 4) is 10.6 Å². The number of hydrogen-bond donors (Lipinski definition) is 0. The van der Waals surface area contributed by atoms with Crippen LogP contribution in [0.2, 0.25) is 0 Å². The molecule has 0 unspecified atom stereocenters. The minimum Gasteiger partial charge on any atom is -0.328 e. The van der Waals surface area contributed by atoms with E-state index in [1.54, 1.807) is 29.2 Å². The van der Waals surface area contributed by atoms with E-state index in [0.29, 0.717) is 11.3 Å². The van der Waals surface area contributed by atoms with Gasteiger partial charge in [0.05, 0.1) is 18.4 Å². The highest BCUT2D eigenvalue weighted by molar-refractivity contribution is 7.16. The average molecular weight is 370 g/mol. The van der Waals surface area contributed by atoms with Crippen molar-refractivity contribution in [2.75, 3.05) is 0 Å². The van der Waals surface area contributed by atoms with E-state index in [1.807, 2.05) is 32.0 Å². The van der Waals surface area contributed by atoms with Crippen LogP contribution in [0.5, 0.6) is 0 Å². The highest BCUT2D eigenvalue weighted by atomic mass is 32.1. The SMILES string of the molecule is C[C@@H]1Cc2cc(F)ccc2[C@@H](C)N1C(=O)c1cnc(-c2cnn(C)c2)s1. The molecule has 0 spiro atoms. The van der Waals surface area contributed by atoms with Crippen molar-refractivity contribution in [3.05, 3.63) is 58.6 Å². The number of amides is 1. The van der Waals surface area contributed by atoms with Crippen LogP contribution < -0.4 is 0 Å². The highest BCUT2D eigenvalue weighted by Crippen LogP contribution is 2.35. The van der Waals surface area contributed by atoms with Gasteiger partial charge in [-0.05, 0) is 43.5 Å². The number of carbonyl (C=O) groups excluding carboxylic acids is 1. The van der Waals surface area contributed by atoms with Gasteiger partial charge in [-0.25, -0.2) is 9.37 Å². The molecule has 2 aromatic heterocycles. The summed E-state index contributed by atoms with van der Waals surface area (Å²) in [5.74, 6) is -0.265. The number of hydrogen-bond acceptors (Lipinski definition) is 4. The quantitative estimate of drug-likeness (QED) is 0.689. The average Bonchev–Trinajstić information content (AvgIpc) is 3.23. The maximum absolute atomic E-state index is 13.5. The second kappa shape index (κ2) is 6.32. The lowest BCUT2D eigenvalue weighted by atomic mass is 9.89. The lowest BCUT2D eigenvalue weighted by Crippen LogP contribution is -2.44. The number of rotatable bonds is 2. The molecule has 7 heteroatoms. The van der Waals surface area contributed by atoms with Crippen molar-refractivity contribution in [1.29, 1.82) is 0 Å². The van der Waals surface area contributed by atoms with Gasteiger partial charge in [-0.1, -0.05) is 6.07 Å². The Balaban J connectivity index is 1.64. The first kappa shape index (κ1) is 16.9. The predicted octanol–water partition coefficient (Wildman–Crippen LogP) is 3.83. The fraction of sp³-hybridized carbons (Fsp3) is 0.316. The maximum atomic E-state index is 13.5. The third kappa shape index (κ3) is 2.82. The van der Waals surface area contributed by atoms with Gasteiger partial charge >= 0.3 is 0 Å². The largest absolute Gasteiger partial charge is 0.328 e. The van der Waals surface area contributed by atoms with E-state index in [0.717, 1.165) is 21.7 Å². The number of fused-ring (bicyclic) bond motifs is 1. The number of nitrogens with zero attached hydrogens (tertiary/aromatic N) is 4. The molecule has 3 aromatic rings. The predicted molar refractivity (Wildman–Crippen MR) is 98.5 cm³/mol. The normalized spacial score (nSPS) is 19.5. The number of aryl methyl sites for hydroxylation is 1. The first-order chi connectivity index (χ1) is 12.4. The molecular weight excluding hydrogens is 351 g/mol. The van der Waals surface area contributed by atoms with Gasteiger partial charge in [0.25, 0.3) is 5.91 Å². The van der Waals surface area contributed by atoms with Crippen molar-refractivity contribution in [1.82, 2.24) is 19.7 Å². The van der Waals surface area contributed by atoms with Gasteiger partial charge in [0.2, 0.25) is 0 Å². The van der Waals surface area contributed by atoms with E-state index < -0.39 is 0 Å². The molecule has 0 saturated carbocycles. The summed E-state index contributed by atoms with van der Waals surface area (Å²) in [6.45, 7) is 4.00. The van der Waals surface area contributed by atoms with Gasteiger partial charge < -0.3 is 4.90 Å². The smallest absolute Gasteiger partial charge is 0.266 e. The minimum atomic E-state index is -0.230. The molecule has 1 aromatic carbocycles. The van der Waals surface area contributed by atoms with Crippen molar-refractivity contribution >= 4 is 17.2 Å². The molecule has 1 amide bonds. The second-order valence-corrected chi connectivity index (χ2v) is 7.75. The molecule has 134 valence electrons. The van der Waals surface area contributed by atoms with Gasteiger partial charge in [0, 0.05) is 24.8 Å². The third-order valence-corrected chi connectivity index (χ3v) is 5.90. The molecule has 0 fully saturated rings. The number of halogens is 1. The molecule has 1 aliphatic heterocycles. The fourth-order valence-electron chi connectivity index (χ4n) is 3.65. The molecule has 3 heterocycles. The Kier molecular flexibility index (Phi) is 4.11. The van der Waals surface area contributed by atoms with Crippen LogP contribution in [0.25, 0.3) is 10.6 Å². The summed E-state index contributed by atoms with van der Waals surface area (Å²) < 4.78 is 15.3. The zero-order chi connectivity index (χ0) is 18.4. The zero-order valence-corrected chi connectivity index (χ0v) is 15.6. The van der Waals surface area contributed by atoms with Crippen LogP contribution in [0.4, 0.5) is 4.39 Å². The zero-order valence-electron chi connectivity index (χ0n) is 14.8. The van der Waals surface area contributed by atoms with Crippen LogP contribution in [0.3, 0.4) is 0 Å². The number of carbonyl (C=O) groups is 1. The lowest BCUT2D eigenvalue weighted by Gasteiger charge is -2.40. The van der Waals surface area contributed by atoms with Gasteiger partial charge in [-0.15, -0.1) is 11.3 Å². The Morgan fingerprint density at radius 2 is 2.12 bits per heavy atom. The van der Waals surface area contributed by atoms with Crippen molar-refractivity contribution in [2.24, 2.45) is 7.05 Å². The Hall–Kier alpha value is -2.54. The molecule has 4 rings (SSSR count). The lowest BCUT2D eigenvalue weighted by molar-refractivity contribution is 0.0585.